The number of aromatic amines is 1. The molecule has 1 heterocycles. The van der Waals surface area contributed by atoms with Crippen molar-refractivity contribution in [3.05, 3.63) is 17.2 Å². The molecule has 16 heavy (non-hydrogen) atoms. The van der Waals surface area contributed by atoms with Gasteiger partial charge in [0.1, 0.15) is 5.82 Å². The van der Waals surface area contributed by atoms with Gasteiger partial charge in [-0.25, -0.2) is 4.98 Å². The molecule has 0 saturated heterocycles. The van der Waals surface area contributed by atoms with Crippen LogP contribution >= 0.6 is 0 Å². The predicted molar refractivity (Wildman–Crippen MR) is 62.4 cm³/mol. The van der Waals surface area contributed by atoms with Crippen molar-refractivity contribution >= 4 is 5.97 Å². The Labute approximate surface area is 96.1 Å². The second-order valence-electron chi connectivity index (χ2n) is 4.80. The summed E-state index contributed by atoms with van der Waals surface area (Å²) in [6.07, 6.45) is 1.40. The van der Waals surface area contributed by atoms with Crippen molar-refractivity contribution in [2.24, 2.45) is 11.8 Å². The van der Waals surface area contributed by atoms with Gasteiger partial charge < -0.3 is 10.1 Å². The van der Waals surface area contributed by atoms with E-state index in [-0.39, 0.29) is 0 Å². The highest BCUT2D eigenvalue weighted by Crippen LogP contribution is 2.13. The molecular formula is C12H20N2O2. The maximum atomic E-state index is 10.7. The molecule has 0 aliphatic heterocycles. The summed E-state index contributed by atoms with van der Waals surface area (Å²) in [4.78, 5) is 18.3. The topological polar surface area (TPSA) is 66.0 Å². The number of nitrogens with zero attached hydrogens (tertiary/aromatic N) is 1. The molecule has 0 spiro atoms. The summed E-state index contributed by atoms with van der Waals surface area (Å²) in [5, 5.41) is 8.82. The lowest BCUT2D eigenvalue weighted by molar-refractivity contribution is -0.141. The standard InChI is InChI=1S/C12H20N2O2/c1-7(2)5-10-9(4)13-11(14-10)6-8(3)12(15)16/h7-8H,5-6H2,1-4H3,(H,13,14)(H,15,16). The van der Waals surface area contributed by atoms with Crippen LogP contribution in [0.1, 0.15) is 38.0 Å². The van der Waals surface area contributed by atoms with Crippen molar-refractivity contribution in [2.45, 2.75) is 40.5 Å². The Balaban J connectivity index is 2.72. The minimum absolute atomic E-state index is 0.391. The van der Waals surface area contributed by atoms with Crippen LogP contribution in [0, 0.1) is 18.8 Å². The number of nitrogens with one attached hydrogen (secondary N) is 1. The number of imidazole rings is 1. The number of rotatable bonds is 5. The Kier molecular flexibility index (Phi) is 4.10. The van der Waals surface area contributed by atoms with E-state index >= 15 is 0 Å². The van der Waals surface area contributed by atoms with Crippen LogP contribution < -0.4 is 0 Å². The first-order chi connectivity index (χ1) is 7.40. The molecule has 0 saturated carbocycles. The predicted octanol–water partition coefficient (Wildman–Crippen LogP) is 2.18. The summed E-state index contributed by atoms with van der Waals surface area (Å²) < 4.78 is 0. The molecule has 0 fully saturated rings. The molecule has 1 aromatic rings. The molecule has 0 aromatic carbocycles. The van der Waals surface area contributed by atoms with Gasteiger partial charge in [-0.1, -0.05) is 20.8 Å². The highest BCUT2D eigenvalue weighted by molar-refractivity contribution is 5.69. The minimum Gasteiger partial charge on any atom is -0.481 e. The average Bonchev–Trinajstić information content (AvgIpc) is 2.45. The lowest BCUT2D eigenvalue weighted by atomic mass is 10.1. The summed E-state index contributed by atoms with van der Waals surface area (Å²) in [6.45, 7) is 7.98. The van der Waals surface area contributed by atoms with Crippen LogP contribution in [0.25, 0.3) is 0 Å². The lowest BCUT2D eigenvalue weighted by Gasteiger charge is -2.02. The van der Waals surface area contributed by atoms with E-state index in [0.717, 1.165) is 23.6 Å². The van der Waals surface area contributed by atoms with Crippen LogP contribution in [0.4, 0.5) is 0 Å². The third-order valence-electron chi connectivity index (χ3n) is 2.56. The van der Waals surface area contributed by atoms with E-state index in [4.69, 9.17) is 5.11 Å². The second kappa shape index (κ2) is 5.14. The number of hydrogen-bond acceptors (Lipinski definition) is 2. The molecule has 4 nitrogen and oxygen atoms in total. The van der Waals surface area contributed by atoms with Crippen LogP contribution in [0.5, 0.6) is 0 Å². The van der Waals surface area contributed by atoms with Crippen molar-refractivity contribution in [2.75, 3.05) is 0 Å². The van der Waals surface area contributed by atoms with Crippen LogP contribution in [-0.4, -0.2) is 21.0 Å². The number of aryl methyl sites for hydroxylation is 1. The van der Waals surface area contributed by atoms with Gasteiger partial charge >= 0.3 is 5.97 Å². The van der Waals surface area contributed by atoms with Crippen molar-refractivity contribution in [3.63, 3.8) is 0 Å². The highest BCUT2D eigenvalue weighted by Gasteiger charge is 2.15. The van der Waals surface area contributed by atoms with E-state index in [1.54, 1.807) is 6.92 Å². The quantitative estimate of drug-likeness (QED) is 0.805. The van der Waals surface area contributed by atoms with Crippen molar-refractivity contribution in [1.29, 1.82) is 0 Å². The third-order valence-corrected chi connectivity index (χ3v) is 2.56. The molecule has 0 aliphatic rings. The maximum absolute atomic E-state index is 10.7. The van der Waals surface area contributed by atoms with E-state index in [2.05, 4.69) is 23.8 Å². The molecule has 90 valence electrons. The van der Waals surface area contributed by atoms with E-state index in [0.29, 0.717) is 12.3 Å². The van der Waals surface area contributed by atoms with Gasteiger partial charge in [-0.05, 0) is 19.3 Å². The maximum Gasteiger partial charge on any atom is 0.306 e. The molecule has 0 radical (unpaired) electrons. The molecule has 0 amide bonds. The zero-order valence-electron chi connectivity index (χ0n) is 10.4. The Morgan fingerprint density at radius 1 is 1.38 bits per heavy atom. The molecule has 0 bridgehead atoms. The summed E-state index contributed by atoms with van der Waals surface area (Å²) in [6, 6.07) is 0. The Bertz CT molecular complexity index is 369. The van der Waals surface area contributed by atoms with E-state index in [1.807, 2.05) is 6.92 Å². The molecule has 1 atom stereocenters. The van der Waals surface area contributed by atoms with E-state index < -0.39 is 11.9 Å². The van der Waals surface area contributed by atoms with Gasteiger partial charge in [-0.3, -0.25) is 4.79 Å². The smallest absolute Gasteiger partial charge is 0.306 e. The third kappa shape index (κ3) is 3.36. The van der Waals surface area contributed by atoms with E-state index in [1.165, 1.54) is 0 Å². The number of carbonyl (C=O) groups is 1. The monoisotopic (exact) mass is 224 g/mol. The van der Waals surface area contributed by atoms with Gasteiger partial charge in [0.25, 0.3) is 0 Å². The van der Waals surface area contributed by atoms with Crippen LogP contribution in [0.2, 0.25) is 0 Å². The minimum atomic E-state index is -0.778. The van der Waals surface area contributed by atoms with Gasteiger partial charge in [0.2, 0.25) is 0 Å². The SMILES string of the molecule is Cc1[nH]c(CC(C)C(=O)O)nc1CC(C)C. The molecule has 1 aromatic heterocycles. The Morgan fingerprint density at radius 3 is 2.50 bits per heavy atom. The van der Waals surface area contributed by atoms with Crippen molar-refractivity contribution in [3.8, 4) is 0 Å². The van der Waals surface area contributed by atoms with Crippen molar-refractivity contribution < 1.29 is 9.90 Å². The molecular weight excluding hydrogens is 204 g/mol. The lowest BCUT2D eigenvalue weighted by Crippen LogP contribution is -2.13. The van der Waals surface area contributed by atoms with Gasteiger partial charge in [0.15, 0.2) is 0 Å². The fraction of sp³-hybridized carbons (Fsp3) is 0.667. The first-order valence-electron chi connectivity index (χ1n) is 5.67. The van der Waals surface area contributed by atoms with Gasteiger partial charge in [-0.15, -0.1) is 0 Å². The molecule has 1 rings (SSSR count). The molecule has 4 heteroatoms. The number of hydrogen-bond donors (Lipinski definition) is 2. The fourth-order valence-electron chi connectivity index (χ4n) is 1.62. The first kappa shape index (κ1) is 12.7. The van der Waals surface area contributed by atoms with Gasteiger partial charge in [0.05, 0.1) is 11.6 Å². The van der Waals surface area contributed by atoms with Crippen LogP contribution in [0.15, 0.2) is 0 Å². The highest BCUT2D eigenvalue weighted by atomic mass is 16.4. The van der Waals surface area contributed by atoms with Crippen LogP contribution in [0.3, 0.4) is 0 Å². The van der Waals surface area contributed by atoms with Crippen LogP contribution in [-0.2, 0) is 17.6 Å². The van der Waals surface area contributed by atoms with Crippen molar-refractivity contribution in [1.82, 2.24) is 9.97 Å². The zero-order chi connectivity index (χ0) is 12.3. The fourth-order valence-corrected chi connectivity index (χ4v) is 1.62. The number of H-pyrrole nitrogens is 1. The van der Waals surface area contributed by atoms with E-state index in [9.17, 15) is 4.79 Å². The molecule has 0 aliphatic carbocycles. The number of aromatic nitrogens is 2. The molecule has 2 N–H and O–H groups in total. The number of aliphatic carboxylic acids is 1. The largest absolute Gasteiger partial charge is 0.481 e. The number of carboxylic acids is 1. The Morgan fingerprint density at radius 2 is 2.00 bits per heavy atom. The average molecular weight is 224 g/mol. The normalized spacial score (nSPS) is 13.1. The summed E-state index contributed by atoms with van der Waals surface area (Å²) in [5.41, 5.74) is 2.11. The molecule has 1 unspecified atom stereocenters. The summed E-state index contributed by atoms with van der Waals surface area (Å²) in [7, 11) is 0. The zero-order valence-corrected chi connectivity index (χ0v) is 10.4. The summed E-state index contributed by atoms with van der Waals surface area (Å²) >= 11 is 0. The second-order valence-corrected chi connectivity index (χ2v) is 4.80. The van der Waals surface area contributed by atoms with Gasteiger partial charge in [0, 0.05) is 12.1 Å². The Hall–Kier alpha value is -1.32. The summed E-state index contributed by atoms with van der Waals surface area (Å²) in [5.74, 6) is 0.173. The number of carboxylic acid groups (broad SMARTS) is 1. The van der Waals surface area contributed by atoms with Gasteiger partial charge in [-0.2, -0.15) is 0 Å². The first-order valence-corrected chi connectivity index (χ1v) is 5.67.